The molecule has 0 N–H and O–H groups in total. The van der Waals surface area contributed by atoms with Gasteiger partial charge in [0.1, 0.15) is 0 Å². The van der Waals surface area contributed by atoms with Crippen molar-refractivity contribution >= 4 is 28.6 Å². The molecular formula is C13H15IO2. The van der Waals surface area contributed by atoms with Crippen LogP contribution >= 0.6 is 22.6 Å². The van der Waals surface area contributed by atoms with E-state index >= 15 is 0 Å². The average Bonchev–Trinajstić information content (AvgIpc) is 2.27. The van der Waals surface area contributed by atoms with Crippen LogP contribution in [0.25, 0.3) is 0 Å². The van der Waals surface area contributed by atoms with Crippen molar-refractivity contribution < 1.29 is 9.53 Å². The third-order valence-corrected chi connectivity index (χ3v) is 4.50. The molecule has 1 saturated carbocycles. The molecule has 0 atom stereocenters. The number of carbonyl (C=O) groups is 1. The Morgan fingerprint density at radius 2 is 2.00 bits per heavy atom. The molecule has 2 nitrogen and oxygen atoms in total. The maximum Gasteiger partial charge on any atom is 0.337 e. The predicted octanol–water partition coefficient (Wildman–Crippen LogP) is 3.40. The molecule has 1 aromatic rings. The zero-order valence-electron chi connectivity index (χ0n) is 9.28. The first-order chi connectivity index (χ1) is 7.74. The highest BCUT2D eigenvalue weighted by Gasteiger charge is 2.29. The van der Waals surface area contributed by atoms with Crippen LogP contribution in [-0.4, -0.2) is 17.5 Å². The zero-order valence-corrected chi connectivity index (χ0v) is 11.4. The van der Waals surface area contributed by atoms with Gasteiger partial charge in [-0.25, -0.2) is 4.79 Å². The molecular weight excluding hydrogens is 315 g/mol. The smallest absolute Gasteiger partial charge is 0.337 e. The Morgan fingerprint density at radius 1 is 1.38 bits per heavy atom. The SMILES string of the molecule is COC(=O)c1ccc(C2CC(CI)C2)cc1. The minimum atomic E-state index is -0.259. The summed E-state index contributed by atoms with van der Waals surface area (Å²) in [5.41, 5.74) is 1.99. The van der Waals surface area contributed by atoms with Gasteiger partial charge in [-0.2, -0.15) is 0 Å². The van der Waals surface area contributed by atoms with E-state index in [-0.39, 0.29) is 5.97 Å². The van der Waals surface area contributed by atoms with Crippen molar-refractivity contribution in [2.75, 3.05) is 11.5 Å². The molecule has 16 heavy (non-hydrogen) atoms. The summed E-state index contributed by atoms with van der Waals surface area (Å²) in [7, 11) is 1.41. The Balaban J connectivity index is 2.01. The van der Waals surface area contributed by atoms with Crippen molar-refractivity contribution in [2.45, 2.75) is 18.8 Å². The molecule has 1 aliphatic carbocycles. The number of benzene rings is 1. The summed E-state index contributed by atoms with van der Waals surface area (Å²) in [6, 6.07) is 7.83. The van der Waals surface area contributed by atoms with Crippen LogP contribution in [0.4, 0.5) is 0 Å². The van der Waals surface area contributed by atoms with E-state index in [4.69, 9.17) is 0 Å². The summed E-state index contributed by atoms with van der Waals surface area (Å²) in [5, 5.41) is 0. The van der Waals surface area contributed by atoms with E-state index in [9.17, 15) is 4.79 Å². The molecule has 0 unspecified atom stereocenters. The highest BCUT2D eigenvalue weighted by atomic mass is 127. The van der Waals surface area contributed by atoms with Crippen molar-refractivity contribution in [1.29, 1.82) is 0 Å². The fourth-order valence-electron chi connectivity index (χ4n) is 2.14. The molecule has 0 bridgehead atoms. The molecule has 1 aliphatic rings. The molecule has 0 spiro atoms. The summed E-state index contributed by atoms with van der Waals surface area (Å²) < 4.78 is 5.93. The number of ether oxygens (including phenoxy) is 1. The van der Waals surface area contributed by atoms with Crippen LogP contribution < -0.4 is 0 Å². The first-order valence-electron chi connectivity index (χ1n) is 5.49. The molecule has 0 saturated heterocycles. The topological polar surface area (TPSA) is 26.3 Å². The number of alkyl halides is 1. The van der Waals surface area contributed by atoms with Gasteiger partial charge < -0.3 is 4.74 Å². The average molecular weight is 330 g/mol. The van der Waals surface area contributed by atoms with Crippen LogP contribution in [0, 0.1) is 5.92 Å². The molecule has 1 fully saturated rings. The third kappa shape index (κ3) is 2.39. The van der Waals surface area contributed by atoms with Gasteiger partial charge in [-0.15, -0.1) is 0 Å². The maximum absolute atomic E-state index is 11.3. The fraction of sp³-hybridized carbons (Fsp3) is 0.462. The minimum Gasteiger partial charge on any atom is -0.465 e. The molecule has 0 radical (unpaired) electrons. The Kier molecular flexibility index (Phi) is 3.84. The van der Waals surface area contributed by atoms with Crippen LogP contribution in [0.5, 0.6) is 0 Å². The second kappa shape index (κ2) is 5.17. The van der Waals surface area contributed by atoms with Gasteiger partial charge in [0.05, 0.1) is 12.7 Å². The summed E-state index contributed by atoms with van der Waals surface area (Å²) in [6.45, 7) is 0. The number of esters is 1. The van der Waals surface area contributed by atoms with Gasteiger partial charge >= 0.3 is 5.97 Å². The van der Waals surface area contributed by atoms with E-state index in [0.717, 1.165) is 5.92 Å². The largest absolute Gasteiger partial charge is 0.465 e. The lowest BCUT2D eigenvalue weighted by molar-refractivity contribution is 0.0600. The minimum absolute atomic E-state index is 0.259. The molecule has 0 amide bonds. The number of rotatable bonds is 3. The summed E-state index contributed by atoms with van der Waals surface area (Å²) in [4.78, 5) is 11.3. The van der Waals surface area contributed by atoms with E-state index < -0.39 is 0 Å². The highest BCUT2D eigenvalue weighted by Crippen LogP contribution is 2.42. The lowest BCUT2D eigenvalue weighted by Crippen LogP contribution is -2.22. The number of halogens is 1. The lowest BCUT2D eigenvalue weighted by Gasteiger charge is -2.34. The number of hydrogen-bond donors (Lipinski definition) is 0. The van der Waals surface area contributed by atoms with Gasteiger partial charge in [0.25, 0.3) is 0 Å². The van der Waals surface area contributed by atoms with E-state index in [1.165, 1.54) is 29.9 Å². The summed E-state index contributed by atoms with van der Waals surface area (Å²) in [5.74, 6) is 1.34. The summed E-state index contributed by atoms with van der Waals surface area (Å²) >= 11 is 2.45. The zero-order chi connectivity index (χ0) is 11.5. The van der Waals surface area contributed by atoms with E-state index in [2.05, 4.69) is 39.5 Å². The van der Waals surface area contributed by atoms with Crippen molar-refractivity contribution in [3.63, 3.8) is 0 Å². The highest BCUT2D eigenvalue weighted by molar-refractivity contribution is 14.1. The number of carbonyl (C=O) groups excluding carboxylic acids is 1. The van der Waals surface area contributed by atoms with E-state index in [1.807, 2.05) is 12.1 Å². The standard InChI is InChI=1S/C13H15IO2/c1-16-13(15)11-4-2-10(3-5-11)12-6-9(7-12)8-14/h2-5,9,12H,6-8H2,1H3. The number of hydrogen-bond acceptors (Lipinski definition) is 2. The van der Waals surface area contributed by atoms with Gasteiger partial charge in [-0.05, 0) is 42.4 Å². The molecule has 0 aromatic heterocycles. The van der Waals surface area contributed by atoms with Crippen molar-refractivity contribution in [2.24, 2.45) is 5.92 Å². The van der Waals surface area contributed by atoms with Crippen molar-refractivity contribution in [3.05, 3.63) is 35.4 Å². The molecule has 2 rings (SSSR count). The monoisotopic (exact) mass is 330 g/mol. The van der Waals surface area contributed by atoms with Crippen LogP contribution in [-0.2, 0) is 4.74 Å². The third-order valence-electron chi connectivity index (χ3n) is 3.26. The van der Waals surface area contributed by atoms with Crippen molar-refractivity contribution in [3.8, 4) is 0 Å². The van der Waals surface area contributed by atoms with E-state index in [1.54, 1.807) is 0 Å². The van der Waals surface area contributed by atoms with Gasteiger partial charge in [0.2, 0.25) is 0 Å². The van der Waals surface area contributed by atoms with Crippen LogP contribution in [0.1, 0.15) is 34.7 Å². The Hall–Kier alpha value is -0.580. The Labute approximate surface area is 110 Å². The molecule has 0 aliphatic heterocycles. The normalized spacial score (nSPS) is 23.6. The second-order valence-corrected chi connectivity index (χ2v) is 5.18. The van der Waals surface area contributed by atoms with E-state index in [0.29, 0.717) is 11.5 Å². The van der Waals surface area contributed by atoms with Crippen LogP contribution in [0.3, 0.4) is 0 Å². The van der Waals surface area contributed by atoms with Crippen LogP contribution in [0.2, 0.25) is 0 Å². The molecule has 0 heterocycles. The molecule has 86 valence electrons. The number of methoxy groups -OCH3 is 1. The quantitative estimate of drug-likeness (QED) is 0.482. The van der Waals surface area contributed by atoms with Gasteiger partial charge in [-0.3, -0.25) is 0 Å². The molecule has 1 aromatic carbocycles. The Morgan fingerprint density at radius 3 is 2.50 bits per heavy atom. The predicted molar refractivity (Wildman–Crippen MR) is 72.1 cm³/mol. The second-order valence-electron chi connectivity index (χ2n) is 4.30. The first kappa shape index (κ1) is 11.9. The van der Waals surface area contributed by atoms with Crippen molar-refractivity contribution in [1.82, 2.24) is 0 Å². The first-order valence-corrected chi connectivity index (χ1v) is 7.01. The van der Waals surface area contributed by atoms with Gasteiger partial charge in [0, 0.05) is 4.43 Å². The summed E-state index contributed by atoms with van der Waals surface area (Å²) in [6.07, 6.45) is 2.58. The van der Waals surface area contributed by atoms with Gasteiger partial charge in [-0.1, -0.05) is 34.7 Å². The van der Waals surface area contributed by atoms with Crippen LogP contribution in [0.15, 0.2) is 24.3 Å². The van der Waals surface area contributed by atoms with Gasteiger partial charge in [0.15, 0.2) is 0 Å². The maximum atomic E-state index is 11.3. The molecule has 3 heteroatoms. The lowest BCUT2D eigenvalue weighted by atomic mass is 9.72. The fourth-order valence-corrected chi connectivity index (χ4v) is 2.86. The Bertz CT molecular complexity index is 366.